The van der Waals surface area contributed by atoms with Gasteiger partial charge in [-0.2, -0.15) is 23.1 Å². The Morgan fingerprint density at radius 1 is 1.18 bits per heavy atom. The SMILES string of the molecule is CC(F)(F)COc1cc(OCC(F)(F)F)nc(NC(N)=O)n1. The van der Waals surface area contributed by atoms with Crippen LogP contribution < -0.4 is 20.5 Å². The van der Waals surface area contributed by atoms with E-state index < -0.39 is 49.1 Å². The van der Waals surface area contributed by atoms with Crippen molar-refractivity contribution >= 4 is 12.0 Å². The molecule has 0 atom stereocenters. The molecule has 0 radical (unpaired) electrons. The van der Waals surface area contributed by atoms with Gasteiger partial charge in [-0.1, -0.05) is 0 Å². The van der Waals surface area contributed by atoms with E-state index in [1.54, 1.807) is 0 Å². The van der Waals surface area contributed by atoms with Gasteiger partial charge < -0.3 is 15.2 Å². The highest BCUT2D eigenvalue weighted by Crippen LogP contribution is 2.23. The number of halogens is 5. The molecule has 22 heavy (non-hydrogen) atoms. The molecular formula is C10H11F5N4O3. The third-order valence-corrected chi connectivity index (χ3v) is 1.77. The number of primary amides is 1. The molecular weight excluding hydrogens is 319 g/mol. The topological polar surface area (TPSA) is 99.4 Å². The van der Waals surface area contributed by atoms with Crippen LogP contribution in [-0.2, 0) is 0 Å². The van der Waals surface area contributed by atoms with Crippen LogP contribution in [0, 0.1) is 0 Å². The average Bonchev–Trinajstić information content (AvgIpc) is 2.31. The molecule has 0 aromatic carbocycles. The Morgan fingerprint density at radius 2 is 1.68 bits per heavy atom. The third-order valence-electron chi connectivity index (χ3n) is 1.77. The molecule has 0 spiro atoms. The molecule has 1 heterocycles. The van der Waals surface area contributed by atoms with E-state index in [0.717, 1.165) is 6.07 Å². The summed E-state index contributed by atoms with van der Waals surface area (Å²) in [6.45, 7) is -2.19. The molecule has 2 amide bonds. The highest BCUT2D eigenvalue weighted by Gasteiger charge is 2.29. The van der Waals surface area contributed by atoms with Crippen LogP contribution in [0.25, 0.3) is 0 Å². The minimum Gasteiger partial charge on any atom is -0.471 e. The predicted molar refractivity (Wildman–Crippen MR) is 62.9 cm³/mol. The van der Waals surface area contributed by atoms with Gasteiger partial charge in [-0.25, -0.2) is 13.6 Å². The van der Waals surface area contributed by atoms with Crippen molar-refractivity contribution in [2.24, 2.45) is 5.73 Å². The van der Waals surface area contributed by atoms with Crippen LogP contribution in [0.15, 0.2) is 6.07 Å². The maximum atomic E-state index is 12.7. The van der Waals surface area contributed by atoms with Gasteiger partial charge in [0.1, 0.15) is 0 Å². The fourth-order valence-corrected chi connectivity index (χ4v) is 1.07. The third kappa shape index (κ3) is 7.40. The number of urea groups is 1. The number of ether oxygens (including phenoxy) is 2. The zero-order chi connectivity index (χ0) is 17.0. The molecule has 0 saturated carbocycles. The number of hydrogen-bond acceptors (Lipinski definition) is 5. The number of alkyl halides is 5. The largest absolute Gasteiger partial charge is 0.471 e. The maximum absolute atomic E-state index is 12.7. The lowest BCUT2D eigenvalue weighted by Crippen LogP contribution is -2.24. The number of carbonyl (C=O) groups is 1. The Morgan fingerprint density at radius 3 is 2.09 bits per heavy atom. The quantitative estimate of drug-likeness (QED) is 0.777. The Labute approximate surface area is 120 Å². The summed E-state index contributed by atoms with van der Waals surface area (Å²) < 4.78 is 70.5. The van der Waals surface area contributed by atoms with Gasteiger partial charge in [0, 0.05) is 6.92 Å². The number of anilines is 1. The van der Waals surface area contributed by atoms with E-state index in [1.807, 2.05) is 5.32 Å². The zero-order valence-electron chi connectivity index (χ0n) is 11.1. The lowest BCUT2D eigenvalue weighted by molar-refractivity contribution is -0.154. The summed E-state index contributed by atoms with van der Waals surface area (Å²) in [7, 11) is 0. The molecule has 0 aliphatic heterocycles. The first kappa shape index (κ1) is 17.7. The average molecular weight is 330 g/mol. The van der Waals surface area contributed by atoms with Crippen LogP contribution in [0.5, 0.6) is 11.8 Å². The second kappa shape index (κ2) is 6.58. The number of nitrogens with zero attached hydrogens (tertiary/aromatic N) is 2. The Balaban J connectivity index is 2.92. The molecule has 0 saturated heterocycles. The molecule has 1 aromatic heterocycles. The van der Waals surface area contributed by atoms with Gasteiger partial charge in [0.25, 0.3) is 5.92 Å². The summed E-state index contributed by atoms with van der Waals surface area (Å²) >= 11 is 0. The van der Waals surface area contributed by atoms with Gasteiger partial charge in [0.15, 0.2) is 13.2 Å². The summed E-state index contributed by atoms with van der Waals surface area (Å²) in [4.78, 5) is 17.6. The first-order valence-electron chi connectivity index (χ1n) is 5.60. The molecule has 124 valence electrons. The van der Waals surface area contributed by atoms with Gasteiger partial charge in [-0.15, -0.1) is 0 Å². The molecule has 0 fully saturated rings. The van der Waals surface area contributed by atoms with Crippen LogP contribution in [0.4, 0.5) is 32.7 Å². The number of hydrogen-bond donors (Lipinski definition) is 2. The van der Waals surface area contributed by atoms with Crippen molar-refractivity contribution in [3.63, 3.8) is 0 Å². The van der Waals surface area contributed by atoms with Crippen molar-refractivity contribution in [2.45, 2.75) is 19.0 Å². The number of amides is 2. The van der Waals surface area contributed by atoms with Gasteiger partial charge >= 0.3 is 12.2 Å². The summed E-state index contributed by atoms with van der Waals surface area (Å²) in [5.74, 6) is -4.90. The molecule has 0 aliphatic carbocycles. The lowest BCUT2D eigenvalue weighted by atomic mass is 10.4. The molecule has 1 rings (SSSR count). The van der Waals surface area contributed by atoms with E-state index in [2.05, 4.69) is 19.4 Å². The highest BCUT2D eigenvalue weighted by atomic mass is 19.4. The van der Waals surface area contributed by atoms with Crippen LogP contribution in [-0.4, -0.2) is 41.3 Å². The van der Waals surface area contributed by atoms with Crippen LogP contribution in [0.2, 0.25) is 0 Å². The van der Waals surface area contributed by atoms with E-state index in [4.69, 9.17) is 5.73 Å². The first-order valence-corrected chi connectivity index (χ1v) is 5.60. The summed E-state index contributed by atoms with van der Waals surface area (Å²) in [5.41, 5.74) is 4.80. The van der Waals surface area contributed by atoms with Crippen LogP contribution >= 0.6 is 0 Å². The van der Waals surface area contributed by atoms with E-state index in [9.17, 15) is 26.7 Å². The second-order valence-corrected chi connectivity index (χ2v) is 4.12. The molecule has 12 heteroatoms. The van der Waals surface area contributed by atoms with Crippen molar-refractivity contribution in [3.8, 4) is 11.8 Å². The zero-order valence-corrected chi connectivity index (χ0v) is 11.1. The number of rotatable bonds is 6. The second-order valence-electron chi connectivity index (χ2n) is 4.12. The van der Waals surface area contributed by atoms with Crippen molar-refractivity contribution in [2.75, 3.05) is 18.5 Å². The van der Waals surface area contributed by atoms with Gasteiger partial charge in [-0.3, -0.25) is 5.32 Å². The molecule has 1 aromatic rings. The normalized spacial score (nSPS) is 11.9. The molecule has 0 unspecified atom stereocenters. The Kier molecular flexibility index (Phi) is 5.28. The standard InChI is InChI=1S/C10H11F5N4O3/c1-9(11,12)3-21-5-2-6(22-4-10(13,14)15)18-8(17-5)19-7(16)20/h2H,3-4H2,1H3,(H3,16,17,18,19,20). The maximum Gasteiger partial charge on any atom is 0.422 e. The Hall–Kier alpha value is -2.40. The fourth-order valence-electron chi connectivity index (χ4n) is 1.07. The predicted octanol–water partition coefficient (Wildman–Crippen LogP) is 1.94. The van der Waals surface area contributed by atoms with E-state index in [0.29, 0.717) is 6.92 Å². The minimum absolute atomic E-state index is 0.516. The van der Waals surface area contributed by atoms with E-state index >= 15 is 0 Å². The van der Waals surface area contributed by atoms with Gasteiger partial charge in [0.05, 0.1) is 6.07 Å². The number of nitrogens with one attached hydrogen (secondary N) is 1. The molecule has 0 bridgehead atoms. The lowest BCUT2D eigenvalue weighted by Gasteiger charge is -2.13. The van der Waals surface area contributed by atoms with Crippen molar-refractivity contribution < 1.29 is 36.2 Å². The summed E-state index contributed by atoms with van der Waals surface area (Å²) in [6, 6.07) is -0.344. The van der Waals surface area contributed by atoms with Gasteiger partial charge in [0.2, 0.25) is 17.7 Å². The van der Waals surface area contributed by atoms with E-state index in [1.165, 1.54) is 0 Å². The number of nitrogens with two attached hydrogens (primary N) is 1. The Bertz CT molecular complexity index is 496. The van der Waals surface area contributed by atoms with E-state index in [-0.39, 0.29) is 0 Å². The minimum atomic E-state index is -4.64. The monoisotopic (exact) mass is 330 g/mol. The number of aromatic nitrogens is 2. The molecule has 7 nitrogen and oxygen atoms in total. The molecule has 3 N–H and O–H groups in total. The van der Waals surface area contributed by atoms with Crippen LogP contribution in [0.1, 0.15) is 6.92 Å². The smallest absolute Gasteiger partial charge is 0.422 e. The van der Waals surface area contributed by atoms with Crippen LogP contribution in [0.3, 0.4) is 0 Å². The summed E-state index contributed by atoms with van der Waals surface area (Å²) in [6.07, 6.45) is -4.64. The molecule has 0 aliphatic rings. The van der Waals surface area contributed by atoms with Crippen molar-refractivity contribution in [1.29, 1.82) is 0 Å². The number of carbonyl (C=O) groups excluding carboxylic acids is 1. The summed E-state index contributed by atoms with van der Waals surface area (Å²) in [5, 5.41) is 1.87. The first-order chi connectivity index (χ1) is 9.94. The fraction of sp³-hybridized carbons (Fsp3) is 0.500. The van der Waals surface area contributed by atoms with Crippen molar-refractivity contribution in [3.05, 3.63) is 6.07 Å². The highest BCUT2D eigenvalue weighted by molar-refractivity contribution is 5.85. The van der Waals surface area contributed by atoms with Crippen molar-refractivity contribution in [1.82, 2.24) is 9.97 Å². The van der Waals surface area contributed by atoms with Gasteiger partial charge in [-0.05, 0) is 0 Å².